The molecule has 29 heavy (non-hydrogen) atoms. The number of aromatic nitrogens is 5. The molecule has 3 heterocycles. The monoisotopic (exact) mass is 385 g/mol. The lowest BCUT2D eigenvalue weighted by Gasteiger charge is -2.09. The molecule has 0 spiro atoms. The third-order valence-electron chi connectivity index (χ3n) is 5.31. The van der Waals surface area contributed by atoms with Crippen LogP contribution in [0, 0.1) is 0 Å². The van der Waals surface area contributed by atoms with Crippen LogP contribution in [0.15, 0.2) is 76.4 Å². The van der Waals surface area contributed by atoms with E-state index in [1.54, 1.807) is 11.4 Å². The molecule has 0 atom stereocenters. The molecule has 3 aromatic heterocycles. The first kappa shape index (κ1) is 17.2. The first-order valence-electron chi connectivity index (χ1n) is 9.33. The second kappa shape index (κ2) is 6.34. The minimum atomic E-state index is -0.388. The van der Waals surface area contributed by atoms with Crippen molar-refractivity contribution >= 4 is 16.9 Å². The van der Waals surface area contributed by atoms with Crippen molar-refractivity contribution in [2.45, 2.75) is 6.54 Å². The van der Waals surface area contributed by atoms with Gasteiger partial charge in [0.1, 0.15) is 0 Å². The Kier molecular flexibility index (Phi) is 3.77. The maximum absolute atomic E-state index is 12.9. The van der Waals surface area contributed by atoms with Gasteiger partial charge in [-0.05, 0) is 11.1 Å². The minimum absolute atomic E-state index is 0.355. The lowest BCUT2D eigenvalue weighted by atomic mass is 10.1. The number of fused-ring (bicyclic) bond motifs is 3. The Morgan fingerprint density at radius 1 is 0.862 bits per heavy atom. The molecule has 0 aliphatic heterocycles. The molecule has 0 aliphatic carbocycles. The summed E-state index contributed by atoms with van der Waals surface area (Å²) in [5.41, 5.74) is 3.14. The summed E-state index contributed by atoms with van der Waals surface area (Å²) in [6, 6.07) is 20.1. The van der Waals surface area contributed by atoms with Crippen LogP contribution in [-0.2, 0) is 20.6 Å². The Bertz CT molecular complexity index is 1470. The minimum Gasteiger partial charge on any atom is -0.305 e. The van der Waals surface area contributed by atoms with E-state index in [-0.39, 0.29) is 11.2 Å². The third-order valence-corrected chi connectivity index (χ3v) is 5.31. The van der Waals surface area contributed by atoms with Crippen LogP contribution in [0.5, 0.6) is 0 Å². The zero-order chi connectivity index (χ0) is 20.1. The smallest absolute Gasteiger partial charge is 0.305 e. The molecule has 0 aliphatic rings. The summed E-state index contributed by atoms with van der Waals surface area (Å²) in [5, 5.41) is 0. The summed E-state index contributed by atoms with van der Waals surface area (Å²) in [6.07, 6.45) is 1.93. The number of rotatable bonds is 3. The highest BCUT2D eigenvalue weighted by Gasteiger charge is 2.20. The highest BCUT2D eigenvalue weighted by atomic mass is 16.2. The van der Waals surface area contributed by atoms with Gasteiger partial charge in [0.2, 0.25) is 5.78 Å². The van der Waals surface area contributed by atoms with Gasteiger partial charge in [0.15, 0.2) is 11.2 Å². The molecule has 144 valence electrons. The van der Waals surface area contributed by atoms with Crippen LogP contribution < -0.4 is 11.2 Å². The van der Waals surface area contributed by atoms with Crippen molar-refractivity contribution < 1.29 is 0 Å². The molecule has 0 amide bonds. The molecule has 5 aromatic rings. The van der Waals surface area contributed by atoms with Crippen molar-refractivity contribution in [1.29, 1.82) is 0 Å². The highest BCUT2D eigenvalue weighted by molar-refractivity contribution is 5.78. The van der Waals surface area contributed by atoms with Gasteiger partial charge in [0.25, 0.3) is 5.56 Å². The lowest BCUT2D eigenvalue weighted by Crippen LogP contribution is -2.37. The van der Waals surface area contributed by atoms with Gasteiger partial charge in [0, 0.05) is 20.3 Å². The van der Waals surface area contributed by atoms with Crippen molar-refractivity contribution in [2.24, 2.45) is 14.1 Å². The molecule has 2 aromatic carbocycles. The van der Waals surface area contributed by atoms with E-state index in [1.807, 2.05) is 54.7 Å². The molecule has 0 unspecified atom stereocenters. The fourth-order valence-corrected chi connectivity index (χ4v) is 3.78. The number of imidazole rings is 2. The molecule has 0 fully saturated rings. The van der Waals surface area contributed by atoms with Gasteiger partial charge in [-0.2, -0.15) is 4.98 Å². The van der Waals surface area contributed by atoms with E-state index >= 15 is 0 Å². The number of hydrogen-bond donors (Lipinski definition) is 0. The summed E-state index contributed by atoms with van der Waals surface area (Å²) in [6.45, 7) is 0.596. The first-order chi connectivity index (χ1) is 14.1. The van der Waals surface area contributed by atoms with Gasteiger partial charge in [-0.15, -0.1) is 0 Å². The Morgan fingerprint density at radius 2 is 1.52 bits per heavy atom. The quantitative estimate of drug-likeness (QED) is 0.479. The molecule has 5 rings (SSSR count). The molecular formula is C22H19N5O2. The van der Waals surface area contributed by atoms with Crippen LogP contribution in [0.3, 0.4) is 0 Å². The second-order valence-electron chi connectivity index (χ2n) is 7.11. The van der Waals surface area contributed by atoms with E-state index in [9.17, 15) is 9.59 Å². The van der Waals surface area contributed by atoms with Crippen molar-refractivity contribution in [3.05, 3.63) is 93.3 Å². The van der Waals surface area contributed by atoms with Crippen molar-refractivity contribution in [3.8, 4) is 11.3 Å². The van der Waals surface area contributed by atoms with Gasteiger partial charge < -0.3 is 4.57 Å². The summed E-state index contributed by atoms with van der Waals surface area (Å²) >= 11 is 0. The van der Waals surface area contributed by atoms with Crippen LogP contribution in [0.4, 0.5) is 0 Å². The zero-order valence-corrected chi connectivity index (χ0v) is 16.1. The van der Waals surface area contributed by atoms with E-state index < -0.39 is 0 Å². The first-order valence-corrected chi connectivity index (χ1v) is 9.33. The standard InChI is InChI=1S/C22H19N5O2/c1-24-19-18(20(28)25(2)22(24)29)27-14-17(16-11-7-4-8-12-16)26(21(27)23-19)13-15-9-5-3-6-10-15/h3-12,14H,13H2,1-2H3. The number of benzene rings is 2. The van der Waals surface area contributed by atoms with Crippen LogP contribution in [0.2, 0.25) is 0 Å². The van der Waals surface area contributed by atoms with Crippen LogP contribution in [-0.4, -0.2) is 23.1 Å². The molecule has 0 saturated heterocycles. The average Bonchev–Trinajstić information content (AvgIpc) is 3.29. The highest BCUT2D eigenvalue weighted by Crippen LogP contribution is 2.26. The van der Waals surface area contributed by atoms with Gasteiger partial charge in [-0.3, -0.25) is 18.3 Å². The Hall–Kier alpha value is -3.87. The SMILES string of the molecule is Cn1c(=O)c2c(nc3n(Cc4ccccc4)c(-c4ccccc4)cn23)n(C)c1=O. The predicted octanol–water partition coefficient (Wildman–Crippen LogP) is 2.40. The molecule has 0 radical (unpaired) electrons. The van der Waals surface area contributed by atoms with E-state index in [2.05, 4.69) is 16.7 Å². The van der Waals surface area contributed by atoms with Gasteiger partial charge >= 0.3 is 5.69 Å². The Balaban J connectivity index is 1.88. The molecule has 0 N–H and O–H groups in total. The Labute approximate surface area is 165 Å². The maximum Gasteiger partial charge on any atom is 0.332 e. The largest absolute Gasteiger partial charge is 0.332 e. The maximum atomic E-state index is 12.9. The molecule has 7 heteroatoms. The summed E-state index contributed by atoms with van der Waals surface area (Å²) in [5.74, 6) is 0.626. The zero-order valence-electron chi connectivity index (χ0n) is 16.1. The normalized spacial score (nSPS) is 11.5. The van der Waals surface area contributed by atoms with E-state index in [1.165, 1.54) is 11.6 Å². The van der Waals surface area contributed by atoms with Gasteiger partial charge in [-0.25, -0.2) is 4.79 Å². The fraction of sp³-hybridized carbons (Fsp3) is 0.136. The van der Waals surface area contributed by atoms with Gasteiger partial charge in [0.05, 0.1) is 12.2 Å². The molecule has 0 bridgehead atoms. The van der Waals surface area contributed by atoms with Crippen molar-refractivity contribution in [1.82, 2.24) is 23.1 Å². The van der Waals surface area contributed by atoms with Crippen LogP contribution >= 0.6 is 0 Å². The number of aryl methyl sites for hydroxylation is 1. The Morgan fingerprint density at radius 3 is 2.21 bits per heavy atom. The van der Waals surface area contributed by atoms with Crippen molar-refractivity contribution in [2.75, 3.05) is 0 Å². The number of nitrogens with zero attached hydrogens (tertiary/aromatic N) is 5. The second-order valence-corrected chi connectivity index (χ2v) is 7.11. The van der Waals surface area contributed by atoms with E-state index in [0.29, 0.717) is 23.5 Å². The third kappa shape index (κ3) is 2.55. The topological polar surface area (TPSA) is 66.2 Å². The van der Waals surface area contributed by atoms with Crippen LogP contribution in [0.1, 0.15) is 5.56 Å². The summed E-state index contributed by atoms with van der Waals surface area (Å²) < 4.78 is 6.41. The predicted molar refractivity (Wildman–Crippen MR) is 112 cm³/mol. The van der Waals surface area contributed by atoms with E-state index in [0.717, 1.165) is 21.4 Å². The lowest BCUT2D eigenvalue weighted by molar-refractivity contribution is 0.707. The number of hydrogen-bond acceptors (Lipinski definition) is 3. The van der Waals surface area contributed by atoms with E-state index in [4.69, 9.17) is 4.98 Å². The summed E-state index contributed by atoms with van der Waals surface area (Å²) in [4.78, 5) is 29.9. The van der Waals surface area contributed by atoms with Crippen molar-refractivity contribution in [3.63, 3.8) is 0 Å². The molecule has 0 saturated carbocycles. The molecule has 7 nitrogen and oxygen atoms in total. The van der Waals surface area contributed by atoms with Gasteiger partial charge in [-0.1, -0.05) is 60.7 Å². The molecular weight excluding hydrogens is 366 g/mol. The average molecular weight is 385 g/mol. The fourth-order valence-electron chi connectivity index (χ4n) is 3.78. The summed E-state index contributed by atoms with van der Waals surface area (Å²) in [7, 11) is 3.12. The van der Waals surface area contributed by atoms with Crippen LogP contribution in [0.25, 0.3) is 28.2 Å².